The van der Waals surface area contributed by atoms with Crippen LogP contribution in [-0.4, -0.2) is 18.6 Å². The van der Waals surface area contributed by atoms with Crippen LogP contribution in [0.3, 0.4) is 0 Å². The first-order chi connectivity index (χ1) is 8.38. The zero-order chi connectivity index (χ0) is 13.3. The molecule has 0 bridgehead atoms. The third-order valence-electron chi connectivity index (χ3n) is 2.32. The Morgan fingerprint density at radius 3 is 2.67 bits per heavy atom. The molecular weight excluding hydrogens is 272 g/mol. The zero-order valence-corrected chi connectivity index (χ0v) is 11.6. The standard InChI is InChI=1S/C10H14N4O2S2/c1-6(2)8-4-9(13-12-8)14-18(15,16)10-3-7(11)5-17-10/h3-6H,11H2,1-2H3,(H2,12,13,14). The van der Waals surface area contributed by atoms with Gasteiger partial charge in [-0.05, 0) is 12.0 Å². The fourth-order valence-electron chi connectivity index (χ4n) is 1.34. The molecule has 0 atom stereocenters. The van der Waals surface area contributed by atoms with Gasteiger partial charge in [-0.2, -0.15) is 5.10 Å². The number of anilines is 2. The highest BCUT2D eigenvalue weighted by Crippen LogP contribution is 2.24. The Morgan fingerprint density at radius 1 is 1.44 bits per heavy atom. The van der Waals surface area contributed by atoms with Crippen LogP contribution in [-0.2, 0) is 10.0 Å². The number of nitrogen functional groups attached to an aromatic ring is 1. The van der Waals surface area contributed by atoms with E-state index in [9.17, 15) is 8.42 Å². The first kappa shape index (κ1) is 12.9. The van der Waals surface area contributed by atoms with Crippen LogP contribution < -0.4 is 10.5 Å². The Labute approximate surface area is 109 Å². The normalized spacial score (nSPS) is 11.9. The molecule has 0 aliphatic rings. The summed E-state index contributed by atoms with van der Waals surface area (Å²) in [5, 5.41) is 8.28. The van der Waals surface area contributed by atoms with Crippen LogP contribution in [0.2, 0.25) is 0 Å². The van der Waals surface area contributed by atoms with Gasteiger partial charge in [0.05, 0.1) is 0 Å². The van der Waals surface area contributed by atoms with Crippen molar-refractivity contribution in [3.8, 4) is 0 Å². The molecule has 0 amide bonds. The zero-order valence-electron chi connectivity index (χ0n) is 9.97. The molecule has 8 heteroatoms. The van der Waals surface area contributed by atoms with Gasteiger partial charge in [0.1, 0.15) is 4.21 Å². The quantitative estimate of drug-likeness (QED) is 0.799. The topological polar surface area (TPSA) is 101 Å². The molecule has 0 radical (unpaired) electrons. The Kier molecular flexibility index (Phi) is 3.31. The van der Waals surface area contributed by atoms with E-state index < -0.39 is 10.0 Å². The van der Waals surface area contributed by atoms with E-state index in [2.05, 4.69) is 14.9 Å². The number of sulfonamides is 1. The van der Waals surface area contributed by atoms with Gasteiger partial charge in [0, 0.05) is 22.8 Å². The molecule has 2 aromatic rings. The summed E-state index contributed by atoms with van der Waals surface area (Å²) in [4.78, 5) is 0. The Hall–Kier alpha value is -1.54. The van der Waals surface area contributed by atoms with Crippen molar-refractivity contribution in [2.75, 3.05) is 10.5 Å². The third-order valence-corrected chi connectivity index (χ3v) is 5.13. The van der Waals surface area contributed by atoms with Gasteiger partial charge in [0.15, 0.2) is 5.82 Å². The lowest BCUT2D eigenvalue weighted by molar-refractivity contribution is 0.603. The van der Waals surface area contributed by atoms with Gasteiger partial charge in [0.2, 0.25) is 0 Å². The van der Waals surface area contributed by atoms with Gasteiger partial charge in [0.25, 0.3) is 10.0 Å². The number of hydrogen-bond acceptors (Lipinski definition) is 5. The van der Waals surface area contributed by atoms with E-state index >= 15 is 0 Å². The predicted molar refractivity (Wildman–Crippen MR) is 72.2 cm³/mol. The fraction of sp³-hybridized carbons (Fsp3) is 0.300. The van der Waals surface area contributed by atoms with Crippen LogP contribution in [0.5, 0.6) is 0 Å². The monoisotopic (exact) mass is 286 g/mol. The van der Waals surface area contributed by atoms with Crippen molar-refractivity contribution in [3.63, 3.8) is 0 Å². The number of rotatable bonds is 4. The van der Waals surface area contributed by atoms with Crippen molar-refractivity contribution in [1.82, 2.24) is 10.2 Å². The summed E-state index contributed by atoms with van der Waals surface area (Å²) in [7, 11) is -3.60. The average molecular weight is 286 g/mol. The molecule has 2 aromatic heterocycles. The van der Waals surface area contributed by atoms with Gasteiger partial charge in [-0.1, -0.05) is 13.8 Å². The van der Waals surface area contributed by atoms with E-state index in [0.29, 0.717) is 5.69 Å². The molecule has 0 saturated carbocycles. The molecule has 6 nitrogen and oxygen atoms in total. The summed E-state index contributed by atoms with van der Waals surface area (Å²) in [6, 6.07) is 3.10. The lowest BCUT2D eigenvalue weighted by atomic mass is 10.1. The maximum Gasteiger partial charge on any atom is 0.272 e. The minimum Gasteiger partial charge on any atom is -0.398 e. The van der Waals surface area contributed by atoms with Crippen LogP contribution in [0.1, 0.15) is 25.5 Å². The fourth-order valence-corrected chi connectivity index (χ4v) is 3.42. The summed E-state index contributed by atoms with van der Waals surface area (Å²) >= 11 is 1.08. The summed E-state index contributed by atoms with van der Waals surface area (Å²) in [6.07, 6.45) is 0. The molecule has 2 rings (SSSR count). The number of aromatic amines is 1. The maximum atomic E-state index is 12.0. The van der Waals surface area contributed by atoms with E-state index in [0.717, 1.165) is 17.0 Å². The molecule has 0 spiro atoms. The van der Waals surface area contributed by atoms with Crippen molar-refractivity contribution in [1.29, 1.82) is 0 Å². The SMILES string of the molecule is CC(C)c1cc(NS(=O)(=O)c2cc(N)cs2)n[nH]1. The minimum absolute atomic E-state index is 0.175. The highest BCUT2D eigenvalue weighted by molar-refractivity contribution is 7.94. The molecule has 4 N–H and O–H groups in total. The van der Waals surface area contributed by atoms with Crippen molar-refractivity contribution in [2.45, 2.75) is 24.0 Å². The molecule has 0 saturated heterocycles. The Bertz CT molecular complexity index is 642. The van der Waals surface area contributed by atoms with Crippen LogP contribution >= 0.6 is 11.3 Å². The number of hydrogen-bond donors (Lipinski definition) is 3. The number of nitrogens with two attached hydrogens (primary N) is 1. The molecule has 2 heterocycles. The lowest BCUT2D eigenvalue weighted by Crippen LogP contribution is -2.11. The van der Waals surface area contributed by atoms with E-state index in [1.54, 1.807) is 11.4 Å². The van der Waals surface area contributed by atoms with Crippen LogP contribution in [0.15, 0.2) is 21.7 Å². The van der Waals surface area contributed by atoms with Gasteiger partial charge in [-0.15, -0.1) is 11.3 Å². The predicted octanol–water partition coefficient (Wildman–Crippen LogP) is 1.98. The lowest BCUT2D eigenvalue weighted by Gasteiger charge is -2.01. The largest absolute Gasteiger partial charge is 0.398 e. The van der Waals surface area contributed by atoms with Gasteiger partial charge in [-0.3, -0.25) is 9.82 Å². The van der Waals surface area contributed by atoms with Crippen molar-refractivity contribution >= 4 is 32.9 Å². The van der Waals surface area contributed by atoms with Crippen LogP contribution in [0, 0.1) is 0 Å². The van der Waals surface area contributed by atoms with Gasteiger partial charge in [-0.25, -0.2) is 8.42 Å². The number of H-pyrrole nitrogens is 1. The molecule has 18 heavy (non-hydrogen) atoms. The number of nitrogens with zero attached hydrogens (tertiary/aromatic N) is 1. The second-order valence-electron chi connectivity index (χ2n) is 4.17. The minimum atomic E-state index is -3.60. The first-order valence-corrected chi connectivity index (χ1v) is 7.67. The molecule has 98 valence electrons. The summed E-state index contributed by atoms with van der Waals surface area (Å²) in [5.41, 5.74) is 6.82. The smallest absolute Gasteiger partial charge is 0.272 e. The van der Waals surface area contributed by atoms with Crippen LogP contribution in [0.4, 0.5) is 11.5 Å². The van der Waals surface area contributed by atoms with Crippen molar-refractivity contribution in [3.05, 3.63) is 23.2 Å². The average Bonchev–Trinajstić information content (AvgIpc) is 2.86. The van der Waals surface area contributed by atoms with Gasteiger partial charge < -0.3 is 5.73 Å². The molecule has 0 aliphatic carbocycles. The molecular formula is C10H14N4O2S2. The van der Waals surface area contributed by atoms with Crippen molar-refractivity contribution < 1.29 is 8.42 Å². The molecule has 0 aliphatic heterocycles. The van der Waals surface area contributed by atoms with E-state index in [1.165, 1.54) is 6.07 Å². The number of aromatic nitrogens is 2. The molecule has 0 aromatic carbocycles. The summed E-state index contributed by atoms with van der Waals surface area (Å²) < 4.78 is 26.6. The van der Waals surface area contributed by atoms with E-state index in [-0.39, 0.29) is 15.9 Å². The van der Waals surface area contributed by atoms with E-state index in [1.807, 2.05) is 13.8 Å². The van der Waals surface area contributed by atoms with Crippen molar-refractivity contribution in [2.24, 2.45) is 0 Å². The summed E-state index contributed by atoms with van der Waals surface area (Å²) in [6.45, 7) is 3.98. The van der Waals surface area contributed by atoms with Crippen LogP contribution in [0.25, 0.3) is 0 Å². The summed E-state index contributed by atoms with van der Waals surface area (Å²) in [5.74, 6) is 0.541. The van der Waals surface area contributed by atoms with E-state index in [4.69, 9.17) is 5.73 Å². The second kappa shape index (κ2) is 4.62. The molecule has 0 fully saturated rings. The second-order valence-corrected chi connectivity index (χ2v) is 6.99. The number of nitrogens with one attached hydrogen (secondary N) is 2. The first-order valence-electron chi connectivity index (χ1n) is 5.30. The highest BCUT2D eigenvalue weighted by atomic mass is 32.2. The third kappa shape index (κ3) is 2.65. The molecule has 0 unspecified atom stereocenters. The highest BCUT2D eigenvalue weighted by Gasteiger charge is 2.18. The Morgan fingerprint density at radius 2 is 2.17 bits per heavy atom. The maximum absolute atomic E-state index is 12.0. The van der Waals surface area contributed by atoms with Gasteiger partial charge >= 0.3 is 0 Å². The Balaban J connectivity index is 2.22. The number of thiophene rings is 1.